The number of rotatable bonds is 2. The Morgan fingerprint density at radius 1 is 0.561 bits per heavy atom. The Labute approximate surface area is 238 Å². The highest BCUT2D eigenvalue weighted by atomic mass is 32.1. The van der Waals surface area contributed by atoms with Gasteiger partial charge in [-0.05, 0) is 71.8 Å². The largest absolute Gasteiger partial charge is 0.454 e. The van der Waals surface area contributed by atoms with E-state index in [0.717, 1.165) is 49.4 Å². The highest BCUT2D eigenvalue weighted by Crippen LogP contribution is 2.40. The molecule has 0 N–H and O–H groups in total. The zero-order chi connectivity index (χ0) is 27.1. The van der Waals surface area contributed by atoms with E-state index in [1.165, 1.54) is 31.3 Å². The van der Waals surface area contributed by atoms with Crippen LogP contribution >= 0.6 is 11.3 Å². The van der Waals surface area contributed by atoms with Crippen molar-refractivity contribution in [1.29, 1.82) is 5.26 Å². The molecule has 9 aromatic rings. The van der Waals surface area contributed by atoms with Crippen molar-refractivity contribution >= 4 is 75.3 Å². The first-order valence-electron chi connectivity index (χ1n) is 13.6. The van der Waals surface area contributed by atoms with Gasteiger partial charge in [0.2, 0.25) is 0 Å². The van der Waals surface area contributed by atoms with E-state index in [4.69, 9.17) is 4.42 Å². The van der Waals surface area contributed by atoms with Gasteiger partial charge in [0.05, 0.1) is 28.4 Å². The number of para-hydroxylation sites is 2. The second kappa shape index (κ2) is 8.32. The Morgan fingerprint density at radius 2 is 1.29 bits per heavy atom. The van der Waals surface area contributed by atoms with Crippen LogP contribution in [0.1, 0.15) is 5.56 Å². The lowest BCUT2D eigenvalue weighted by molar-refractivity contribution is 0.666. The third-order valence-corrected chi connectivity index (χ3v) is 9.38. The van der Waals surface area contributed by atoms with Crippen molar-refractivity contribution in [1.82, 2.24) is 4.57 Å². The van der Waals surface area contributed by atoms with E-state index in [9.17, 15) is 5.26 Å². The van der Waals surface area contributed by atoms with E-state index in [-0.39, 0.29) is 0 Å². The van der Waals surface area contributed by atoms with Gasteiger partial charge < -0.3 is 8.98 Å². The van der Waals surface area contributed by atoms with Crippen LogP contribution in [-0.4, -0.2) is 4.57 Å². The fourth-order valence-electron chi connectivity index (χ4n) is 6.35. The summed E-state index contributed by atoms with van der Waals surface area (Å²) in [6.07, 6.45) is 0. The Bertz CT molecular complexity index is 2560. The third-order valence-electron chi connectivity index (χ3n) is 8.23. The van der Waals surface area contributed by atoms with Gasteiger partial charge in [0.25, 0.3) is 0 Å². The van der Waals surface area contributed by atoms with Crippen molar-refractivity contribution in [2.75, 3.05) is 0 Å². The van der Waals surface area contributed by atoms with Gasteiger partial charge in [-0.3, -0.25) is 0 Å². The van der Waals surface area contributed by atoms with E-state index in [2.05, 4.69) is 108 Å². The molecule has 0 bridgehead atoms. The summed E-state index contributed by atoms with van der Waals surface area (Å²) in [6, 6.07) is 44.8. The molecular weight excluding hydrogens is 520 g/mol. The quantitative estimate of drug-likeness (QED) is 0.219. The topological polar surface area (TPSA) is 41.9 Å². The number of thiophene rings is 1. The second-order valence-electron chi connectivity index (χ2n) is 10.5. The van der Waals surface area contributed by atoms with Crippen molar-refractivity contribution in [2.24, 2.45) is 0 Å². The highest BCUT2D eigenvalue weighted by molar-refractivity contribution is 7.25. The van der Waals surface area contributed by atoms with Crippen LogP contribution in [0.5, 0.6) is 0 Å². The number of aromatic nitrogens is 1. The molecule has 0 unspecified atom stereocenters. The van der Waals surface area contributed by atoms with Gasteiger partial charge in [-0.1, -0.05) is 60.7 Å². The van der Waals surface area contributed by atoms with Gasteiger partial charge >= 0.3 is 0 Å². The predicted molar refractivity (Wildman–Crippen MR) is 171 cm³/mol. The standard InChI is InChI=1S/C37H20N2OS/c38-21-22-12-15-32-28(18-22)25-6-1-3-9-31(25)39(32)33-10-5-8-27-29-19-23(13-16-34(29)40-37(27)33)24-14-17-36-30(20-24)26-7-2-4-11-35(26)41-36/h1-20H. The molecule has 0 fully saturated rings. The van der Waals surface area contributed by atoms with Gasteiger partial charge in [-0.15, -0.1) is 11.3 Å². The number of fused-ring (bicyclic) bond motifs is 9. The minimum atomic E-state index is 0.656. The Balaban J connectivity index is 1.27. The van der Waals surface area contributed by atoms with Crippen molar-refractivity contribution in [3.8, 4) is 22.9 Å². The summed E-state index contributed by atoms with van der Waals surface area (Å²) >= 11 is 1.84. The first kappa shape index (κ1) is 22.4. The predicted octanol–water partition coefficient (Wildman–Crippen LogP) is 10.6. The maximum Gasteiger partial charge on any atom is 0.159 e. The normalized spacial score (nSPS) is 11.9. The fraction of sp³-hybridized carbons (Fsp3) is 0. The number of nitrogens with zero attached hydrogens (tertiary/aromatic N) is 2. The van der Waals surface area contributed by atoms with Gasteiger partial charge in [-0.25, -0.2) is 0 Å². The van der Waals surface area contributed by atoms with Crippen LogP contribution < -0.4 is 0 Å². The minimum Gasteiger partial charge on any atom is -0.454 e. The number of furan rings is 1. The van der Waals surface area contributed by atoms with Crippen LogP contribution in [0.4, 0.5) is 0 Å². The van der Waals surface area contributed by atoms with Crippen LogP contribution in [0.2, 0.25) is 0 Å². The molecule has 0 aliphatic heterocycles. The summed E-state index contributed by atoms with van der Waals surface area (Å²) in [5.74, 6) is 0. The monoisotopic (exact) mass is 540 g/mol. The van der Waals surface area contributed by atoms with Crippen molar-refractivity contribution in [2.45, 2.75) is 0 Å². The van der Waals surface area contributed by atoms with E-state index >= 15 is 0 Å². The minimum absolute atomic E-state index is 0.656. The highest BCUT2D eigenvalue weighted by Gasteiger charge is 2.18. The molecule has 41 heavy (non-hydrogen) atoms. The fourth-order valence-corrected chi connectivity index (χ4v) is 7.43. The van der Waals surface area contributed by atoms with E-state index in [1.54, 1.807) is 0 Å². The Hall–Kier alpha value is -5.37. The molecule has 0 aliphatic rings. The number of benzene rings is 6. The molecule has 0 saturated heterocycles. The molecule has 0 amide bonds. The molecule has 3 aromatic heterocycles. The van der Waals surface area contributed by atoms with Crippen LogP contribution in [0.25, 0.3) is 80.7 Å². The number of hydrogen-bond donors (Lipinski definition) is 0. The molecule has 9 rings (SSSR count). The zero-order valence-electron chi connectivity index (χ0n) is 21.8. The third kappa shape index (κ3) is 3.18. The zero-order valence-corrected chi connectivity index (χ0v) is 22.6. The van der Waals surface area contributed by atoms with Crippen molar-refractivity contribution in [3.05, 3.63) is 127 Å². The lowest BCUT2D eigenvalue weighted by Gasteiger charge is -2.08. The van der Waals surface area contributed by atoms with E-state index in [1.807, 2.05) is 35.6 Å². The SMILES string of the molecule is N#Cc1ccc2c(c1)c1ccccc1n2-c1cccc2c1oc1ccc(-c3ccc4sc5ccccc5c4c3)cc12. The summed E-state index contributed by atoms with van der Waals surface area (Å²) in [5, 5.41) is 16.5. The van der Waals surface area contributed by atoms with Crippen LogP contribution in [-0.2, 0) is 0 Å². The van der Waals surface area contributed by atoms with Crippen LogP contribution in [0.15, 0.2) is 126 Å². The molecule has 190 valence electrons. The van der Waals surface area contributed by atoms with E-state index in [0.29, 0.717) is 5.56 Å². The maximum atomic E-state index is 9.54. The van der Waals surface area contributed by atoms with Crippen LogP contribution in [0, 0.1) is 11.3 Å². The summed E-state index contributed by atoms with van der Waals surface area (Å²) in [4.78, 5) is 0. The average Bonchev–Trinajstić information content (AvgIpc) is 3.69. The Kier molecular flexibility index (Phi) is 4.55. The molecule has 6 aromatic carbocycles. The van der Waals surface area contributed by atoms with E-state index < -0.39 is 0 Å². The molecule has 0 aliphatic carbocycles. The van der Waals surface area contributed by atoms with Gasteiger partial charge in [0, 0.05) is 41.7 Å². The number of nitriles is 1. The van der Waals surface area contributed by atoms with Gasteiger partial charge in [0.15, 0.2) is 5.58 Å². The lowest BCUT2D eigenvalue weighted by Crippen LogP contribution is -1.94. The molecule has 3 nitrogen and oxygen atoms in total. The molecule has 0 spiro atoms. The molecular formula is C37H20N2OS. The summed E-state index contributed by atoms with van der Waals surface area (Å²) in [6.45, 7) is 0. The second-order valence-corrected chi connectivity index (χ2v) is 11.6. The Morgan fingerprint density at radius 3 is 2.20 bits per heavy atom. The summed E-state index contributed by atoms with van der Waals surface area (Å²) in [5.41, 5.74) is 7.87. The first-order chi connectivity index (χ1) is 20.3. The van der Waals surface area contributed by atoms with Crippen molar-refractivity contribution in [3.63, 3.8) is 0 Å². The van der Waals surface area contributed by atoms with Gasteiger partial charge in [-0.2, -0.15) is 5.26 Å². The number of hydrogen-bond acceptors (Lipinski definition) is 3. The summed E-state index contributed by atoms with van der Waals surface area (Å²) < 4.78 is 11.5. The van der Waals surface area contributed by atoms with Gasteiger partial charge in [0.1, 0.15) is 5.58 Å². The smallest absolute Gasteiger partial charge is 0.159 e. The summed E-state index contributed by atoms with van der Waals surface area (Å²) in [7, 11) is 0. The molecule has 0 radical (unpaired) electrons. The van der Waals surface area contributed by atoms with Crippen molar-refractivity contribution < 1.29 is 4.42 Å². The molecule has 3 heterocycles. The molecule has 0 saturated carbocycles. The lowest BCUT2D eigenvalue weighted by atomic mass is 10.0. The molecule has 0 atom stereocenters. The average molecular weight is 541 g/mol. The molecule has 4 heteroatoms. The maximum absolute atomic E-state index is 9.54. The van der Waals surface area contributed by atoms with Crippen LogP contribution in [0.3, 0.4) is 0 Å². The first-order valence-corrected chi connectivity index (χ1v) is 14.4.